The number of halogens is 3. The number of likely N-dealkylation sites (tertiary alicyclic amines) is 1. The van der Waals surface area contributed by atoms with Gasteiger partial charge in [-0.2, -0.15) is 13.2 Å². The van der Waals surface area contributed by atoms with Crippen LogP contribution in [0.4, 0.5) is 19.1 Å². The van der Waals surface area contributed by atoms with Crippen LogP contribution in [-0.4, -0.2) is 49.3 Å². The molecule has 3 aromatic rings. The van der Waals surface area contributed by atoms with Crippen LogP contribution in [0.1, 0.15) is 41.7 Å². The van der Waals surface area contributed by atoms with Gasteiger partial charge in [-0.15, -0.1) is 11.3 Å². The van der Waals surface area contributed by atoms with E-state index in [9.17, 15) is 23.4 Å². The van der Waals surface area contributed by atoms with Crippen molar-refractivity contribution in [1.29, 1.82) is 0 Å². The molecule has 7 nitrogen and oxygen atoms in total. The van der Waals surface area contributed by atoms with E-state index in [1.165, 1.54) is 0 Å². The standard InChI is InChI=1S/C19H20F3N5O2S/c1-10(11-3-2-5-23-8-11)24-18-25-13-7-14(19(20,21)22)30-16(13)15(26-18)17(29)27-6-4-12(28)9-27/h2-3,5,7-8,10,12,17,28-29H,4,6,9H2,1H3,(H,24,25,26)/t10?,12-,17?/m0/s1. The topological polar surface area (TPSA) is 94.4 Å². The molecule has 1 saturated heterocycles. The molecule has 0 radical (unpaired) electrons. The monoisotopic (exact) mass is 439 g/mol. The summed E-state index contributed by atoms with van der Waals surface area (Å²) in [6.45, 7) is 2.49. The average Bonchev–Trinajstić information content (AvgIpc) is 3.33. The highest BCUT2D eigenvalue weighted by Gasteiger charge is 2.35. The Kier molecular flexibility index (Phi) is 5.62. The van der Waals surface area contributed by atoms with Crippen molar-refractivity contribution in [3.05, 3.63) is 46.7 Å². The molecule has 0 aliphatic carbocycles. The summed E-state index contributed by atoms with van der Waals surface area (Å²) in [6.07, 6.45) is -2.57. The van der Waals surface area contributed by atoms with Crippen molar-refractivity contribution >= 4 is 27.5 Å². The number of pyridine rings is 1. The molecule has 1 aliphatic rings. The van der Waals surface area contributed by atoms with Crippen LogP contribution in [-0.2, 0) is 6.18 Å². The smallest absolute Gasteiger partial charge is 0.392 e. The van der Waals surface area contributed by atoms with Crippen LogP contribution < -0.4 is 5.32 Å². The van der Waals surface area contributed by atoms with Gasteiger partial charge in [-0.3, -0.25) is 9.88 Å². The molecule has 1 fully saturated rings. The zero-order valence-electron chi connectivity index (χ0n) is 16.0. The summed E-state index contributed by atoms with van der Waals surface area (Å²) < 4.78 is 40.0. The lowest BCUT2D eigenvalue weighted by Gasteiger charge is -2.23. The quantitative estimate of drug-likeness (QED) is 0.561. The number of hydrogen-bond donors (Lipinski definition) is 3. The average molecular weight is 439 g/mol. The molecule has 4 rings (SSSR count). The maximum Gasteiger partial charge on any atom is 0.425 e. The summed E-state index contributed by atoms with van der Waals surface area (Å²) in [5.41, 5.74) is 1.06. The first kappa shape index (κ1) is 20.9. The Labute approximate surface area is 174 Å². The summed E-state index contributed by atoms with van der Waals surface area (Å²) in [5.74, 6) is 0.110. The van der Waals surface area contributed by atoms with Crippen molar-refractivity contribution in [2.75, 3.05) is 18.4 Å². The van der Waals surface area contributed by atoms with Gasteiger partial charge < -0.3 is 15.5 Å². The van der Waals surface area contributed by atoms with Crippen molar-refractivity contribution in [3.8, 4) is 0 Å². The van der Waals surface area contributed by atoms with Gasteiger partial charge in [0.1, 0.15) is 10.6 Å². The Balaban J connectivity index is 1.74. The first-order valence-corrected chi connectivity index (χ1v) is 10.2. The van der Waals surface area contributed by atoms with Crippen LogP contribution in [0.2, 0.25) is 0 Å². The first-order chi connectivity index (χ1) is 14.2. The van der Waals surface area contributed by atoms with Crippen LogP contribution in [0.25, 0.3) is 10.2 Å². The molecule has 0 aromatic carbocycles. The van der Waals surface area contributed by atoms with E-state index in [0.717, 1.165) is 11.6 Å². The van der Waals surface area contributed by atoms with Gasteiger partial charge in [-0.25, -0.2) is 9.97 Å². The number of rotatable bonds is 5. The molecule has 3 aromatic heterocycles. The molecule has 0 bridgehead atoms. The molecule has 3 N–H and O–H groups in total. The van der Waals surface area contributed by atoms with E-state index < -0.39 is 23.4 Å². The van der Waals surface area contributed by atoms with Gasteiger partial charge in [0.15, 0.2) is 6.23 Å². The summed E-state index contributed by atoms with van der Waals surface area (Å²) >= 11 is 0.506. The predicted octanol–water partition coefficient (Wildman–Crippen LogP) is 3.34. The Morgan fingerprint density at radius 2 is 2.13 bits per heavy atom. The van der Waals surface area contributed by atoms with Gasteiger partial charge >= 0.3 is 6.18 Å². The Morgan fingerprint density at radius 3 is 2.77 bits per heavy atom. The van der Waals surface area contributed by atoms with Crippen LogP contribution in [0.15, 0.2) is 30.6 Å². The molecule has 3 atom stereocenters. The highest BCUT2D eigenvalue weighted by Crippen LogP contribution is 2.40. The molecule has 160 valence electrons. The minimum absolute atomic E-state index is 0.0930. The second-order valence-electron chi connectivity index (χ2n) is 7.22. The molecule has 4 heterocycles. The second kappa shape index (κ2) is 8.06. The summed E-state index contributed by atoms with van der Waals surface area (Å²) in [4.78, 5) is 13.4. The minimum atomic E-state index is -4.52. The highest BCUT2D eigenvalue weighted by atomic mass is 32.1. The molecule has 0 amide bonds. The fraction of sp³-hybridized carbons (Fsp3) is 0.421. The second-order valence-corrected chi connectivity index (χ2v) is 8.27. The summed E-state index contributed by atoms with van der Waals surface area (Å²) in [5, 5.41) is 23.7. The van der Waals surface area contributed by atoms with E-state index in [-0.39, 0.29) is 34.4 Å². The molecule has 11 heteroatoms. The third-order valence-electron chi connectivity index (χ3n) is 4.99. The third kappa shape index (κ3) is 4.24. The number of nitrogens with zero attached hydrogens (tertiary/aromatic N) is 4. The van der Waals surface area contributed by atoms with E-state index in [4.69, 9.17) is 0 Å². The zero-order valence-corrected chi connectivity index (χ0v) is 16.8. The Morgan fingerprint density at radius 1 is 1.33 bits per heavy atom. The van der Waals surface area contributed by atoms with Crippen molar-refractivity contribution in [3.63, 3.8) is 0 Å². The van der Waals surface area contributed by atoms with Crippen molar-refractivity contribution in [2.24, 2.45) is 0 Å². The van der Waals surface area contributed by atoms with E-state index >= 15 is 0 Å². The maximum absolute atomic E-state index is 13.3. The third-order valence-corrected chi connectivity index (χ3v) is 6.18. The fourth-order valence-electron chi connectivity index (χ4n) is 3.40. The van der Waals surface area contributed by atoms with Crippen molar-refractivity contribution in [1.82, 2.24) is 19.9 Å². The van der Waals surface area contributed by atoms with Crippen LogP contribution >= 0.6 is 11.3 Å². The molecule has 2 unspecified atom stereocenters. The predicted molar refractivity (Wildman–Crippen MR) is 106 cm³/mol. The lowest BCUT2D eigenvalue weighted by atomic mass is 10.1. The minimum Gasteiger partial charge on any atom is -0.392 e. The molecule has 30 heavy (non-hydrogen) atoms. The molecule has 1 aliphatic heterocycles. The summed E-state index contributed by atoms with van der Waals surface area (Å²) in [7, 11) is 0. The number of hydrogen-bond acceptors (Lipinski definition) is 8. The number of aliphatic hydroxyl groups excluding tert-OH is 2. The lowest BCUT2D eigenvalue weighted by molar-refractivity contribution is -0.134. The molecular formula is C19H20F3N5O2S. The van der Waals surface area contributed by atoms with E-state index in [1.54, 1.807) is 23.4 Å². The van der Waals surface area contributed by atoms with Crippen LogP contribution in [0, 0.1) is 0 Å². The van der Waals surface area contributed by atoms with E-state index in [0.29, 0.717) is 24.3 Å². The number of aliphatic hydroxyl groups is 2. The molecule has 0 spiro atoms. The Bertz CT molecular complexity index is 1030. The van der Waals surface area contributed by atoms with Crippen LogP contribution in [0.3, 0.4) is 0 Å². The largest absolute Gasteiger partial charge is 0.425 e. The maximum atomic E-state index is 13.3. The van der Waals surface area contributed by atoms with E-state index in [1.807, 2.05) is 13.0 Å². The first-order valence-electron chi connectivity index (χ1n) is 9.37. The number of thiophene rings is 1. The molecule has 0 saturated carbocycles. The highest BCUT2D eigenvalue weighted by molar-refractivity contribution is 7.19. The van der Waals surface area contributed by atoms with Crippen molar-refractivity contribution in [2.45, 2.75) is 37.9 Å². The van der Waals surface area contributed by atoms with Gasteiger partial charge in [0, 0.05) is 25.5 Å². The van der Waals surface area contributed by atoms with Gasteiger partial charge in [0.25, 0.3) is 0 Å². The number of aromatic nitrogens is 3. The zero-order chi connectivity index (χ0) is 21.5. The SMILES string of the molecule is CC(Nc1nc(C(O)N2CC[C@H](O)C2)c2sc(C(F)(F)F)cc2n1)c1cccnc1. The number of fused-ring (bicyclic) bond motifs is 1. The fourth-order valence-corrected chi connectivity index (χ4v) is 4.37. The van der Waals surface area contributed by atoms with Gasteiger partial charge in [0.05, 0.1) is 22.4 Å². The number of alkyl halides is 3. The van der Waals surface area contributed by atoms with Gasteiger partial charge in [0.2, 0.25) is 5.95 Å². The number of nitrogens with one attached hydrogen (secondary N) is 1. The normalized spacial score (nSPS) is 19.9. The number of anilines is 1. The van der Waals surface area contributed by atoms with E-state index in [2.05, 4.69) is 20.3 Å². The summed E-state index contributed by atoms with van der Waals surface area (Å²) in [6, 6.07) is 4.35. The van der Waals surface area contributed by atoms with Crippen molar-refractivity contribution < 1.29 is 23.4 Å². The van der Waals surface area contributed by atoms with Gasteiger partial charge in [-0.05, 0) is 31.0 Å². The lowest BCUT2D eigenvalue weighted by Crippen LogP contribution is -2.28. The van der Waals surface area contributed by atoms with Gasteiger partial charge in [-0.1, -0.05) is 6.07 Å². The number of β-amino-alcohol motifs (C(OH)–C–C–N with tert-alkyl or cyclic N) is 1. The van der Waals surface area contributed by atoms with Crippen LogP contribution in [0.5, 0.6) is 0 Å². The Hall–Kier alpha value is -2.34. The molecular weight excluding hydrogens is 419 g/mol.